The van der Waals surface area contributed by atoms with Gasteiger partial charge in [0, 0.05) is 43.9 Å². The van der Waals surface area contributed by atoms with Crippen molar-refractivity contribution in [3.63, 3.8) is 0 Å². The third-order valence-corrected chi connectivity index (χ3v) is 6.33. The van der Waals surface area contributed by atoms with Gasteiger partial charge in [-0.15, -0.1) is 0 Å². The molecule has 0 unspecified atom stereocenters. The van der Waals surface area contributed by atoms with Crippen LogP contribution >= 0.6 is 0 Å². The first-order valence-corrected chi connectivity index (χ1v) is 9.99. The maximum absolute atomic E-state index is 12.9. The quantitative estimate of drug-likeness (QED) is 0.774. The Morgan fingerprint density at radius 3 is 3.00 bits per heavy atom. The molecule has 1 aromatic carbocycles. The first kappa shape index (κ1) is 17.3. The van der Waals surface area contributed by atoms with E-state index in [1.54, 1.807) is 18.2 Å². The Morgan fingerprint density at radius 1 is 1.21 bits per heavy atom. The van der Waals surface area contributed by atoms with Gasteiger partial charge >= 0.3 is 6.03 Å². The molecule has 5 rings (SSSR count). The monoisotopic (exact) mass is 384 g/mol. The maximum Gasteiger partial charge on any atom is 0.321 e. The molecule has 4 aliphatic rings. The lowest BCUT2D eigenvalue weighted by atomic mass is 9.76. The molecule has 3 fully saturated rings. The van der Waals surface area contributed by atoms with E-state index in [0.717, 1.165) is 25.8 Å². The average molecular weight is 384 g/mol. The van der Waals surface area contributed by atoms with E-state index in [2.05, 4.69) is 15.5 Å². The van der Waals surface area contributed by atoms with Crippen LogP contribution in [0.15, 0.2) is 18.2 Å². The van der Waals surface area contributed by atoms with Crippen LogP contribution in [0.1, 0.15) is 25.7 Å². The number of carbonyl (C=O) groups is 3. The number of carbonyl (C=O) groups excluding carboxylic acids is 3. The summed E-state index contributed by atoms with van der Waals surface area (Å²) in [5.41, 5.74) is 1.26. The molecule has 4 heterocycles. The van der Waals surface area contributed by atoms with Gasteiger partial charge in [-0.25, -0.2) is 4.79 Å². The number of nitrogens with one attached hydrogen (secondary N) is 2. The van der Waals surface area contributed by atoms with Crippen molar-refractivity contribution in [1.82, 2.24) is 9.80 Å². The van der Waals surface area contributed by atoms with Crippen LogP contribution in [0.4, 0.5) is 16.2 Å². The highest BCUT2D eigenvalue weighted by molar-refractivity contribution is 5.96. The number of urea groups is 1. The smallest absolute Gasteiger partial charge is 0.321 e. The molecule has 0 radical (unpaired) electrons. The number of piperidine rings is 3. The molecule has 0 aromatic heterocycles. The molecule has 0 spiro atoms. The van der Waals surface area contributed by atoms with Gasteiger partial charge in [0.05, 0.1) is 5.69 Å². The van der Waals surface area contributed by atoms with E-state index < -0.39 is 0 Å². The Morgan fingerprint density at radius 2 is 2.11 bits per heavy atom. The number of nitrogens with zero attached hydrogens (tertiary/aromatic N) is 2. The number of ether oxygens (including phenoxy) is 1. The Labute approximate surface area is 163 Å². The van der Waals surface area contributed by atoms with Gasteiger partial charge in [0.1, 0.15) is 5.75 Å². The molecule has 4 amide bonds. The molecule has 1 aromatic rings. The van der Waals surface area contributed by atoms with Crippen LogP contribution in [-0.2, 0) is 9.59 Å². The average Bonchev–Trinajstić information content (AvgIpc) is 2.69. The summed E-state index contributed by atoms with van der Waals surface area (Å²) in [6.07, 6.45) is 3.77. The van der Waals surface area contributed by atoms with Crippen LogP contribution in [0.3, 0.4) is 0 Å². The van der Waals surface area contributed by atoms with E-state index in [4.69, 9.17) is 4.74 Å². The Bertz CT molecular complexity index is 841. The van der Waals surface area contributed by atoms with Crippen LogP contribution < -0.4 is 15.4 Å². The molecule has 8 nitrogen and oxygen atoms in total. The van der Waals surface area contributed by atoms with Crippen molar-refractivity contribution in [1.29, 1.82) is 0 Å². The minimum Gasteiger partial charge on any atom is -0.482 e. The van der Waals surface area contributed by atoms with Gasteiger partial charge in [0.15, 0.2) is 6.61 Å². The van der Waals surface area contributed by atoms with E-state index in [1.165, 1.54) is 0 Å². The highest BCUT2D eigenvalue weighted by Crippen LogP contribution is 2.38. The summed E-state index contributed by atoms with van der Waals surface area (Å²) in [6.45, 7) is 2.12. The third kappa shape index (κ3) is 3.06. The van der Waals surface area contributed by atoms with Crippen molar-refractivity contribution in [2.24, 2.45) is 11.8 Å². The van der Waals surface area contributed by atoms with Crippen LogP contribution in [0.25, 0.3) is 0 Å². The second-order valence-electron chi connectivity index (χ2n) is 8.25. The SMILES string of the molecule is O=C1COc2cc(NC(=O)N3C[C@H]4C[C@@H](C3)[C@@H]3CCCC(=O)N3C4)ccc2N1. The second-order valence-corrected chi connectivity index (χ2v) is 8.25. The van der Waals surface area contributed by atoms with E-state index in [9.17, 15) is 14.4 Å². The van der Waals surface area contributed by atoms with Gasteiger partial charge in [0.25, 0.3) is 5.91 Å². The van der Waals surface area contributed by atoms with Gasteiger partial charge in [-0.1, -0.05) is 0 Å². The number of anilines is 2. The van der Waals surface area contributed by atoms with Gasteiger partial charge in [-0.3, -0.25) is 9.59 Å². The summed E-state index contributed by atoms with van der Waals surface area (Å²) < 4.78 is 5.42. The zero-order valence-corrected chi connectivity index (χ0v) is 15.6. The fraction of sp³-hybridized carbons (Fsp3) is 0.550. The largest absolute Gasteiger partial charge is 0.482 e. The van der Waals surface area contributed by atoms with Crippen molar-refractivity contribution in [3.8, 4) is 5.75 Å². The predicted octanol–water partition coefficient (Wildman–Crippen LogP) is 1.88. The van der Waals surface area contributed by atoms with Crippen molar-refractivity contribution in [2.45, 2.75) is 31.7 Å². The Kier molecular flexibility index (Phi) is 4.14. The molecule has 148 valence electrons. The third-order valence-electron chi connectivity index (χ3n) is 6.33. The molecule has 28 heavy (non-hydrogen) atoms. The lowest BCUT2D eigenvalue weighted by molar-refractivity contribution is -0.144. The predicted molar refractivity (Wildman–Crippen MR) is 102 cm³/mol. The Balaban J connectivity index is 1.27. The topological polar surface area (TPSA) is 91.0 Å². The molecule has 0 aliphatic carbocycles. The van der Waals surface area contributed by atoms with E-state index in [0.29, 0.717) is 48.5 Å². The number of likely N-dealkylation sites (tertiary alicyclic amines) is 1. The first-order chi connectivity index (χ1) is 13.6. The summed E-state index contributed by atoms with van der Waals surface area (Å²) in [4.78, 5) is 40.5. The number of hydrogen-bond acceptors (Lipinski definition) is 4. The van der Waals surface area contributed by atoms with Crippen LogP contribution in [-0.4, -0.2) is 59.9 Å². The number of fused-ring (bicyclic) bond motifs is 5. The molecule has 0 saturated carbocycles. The van der Waals surface area contributed by atoms with Crippen LogP contribution in [0.2, 0.25) is 0 Å². The van der Waals surface area contributed by atoms with Crippen LogP contribution in [0, 0.1) is 11.8 Å². The zero-order valence-electron chi connectivity index (χ0n) is 15.6. The standard InChI is InChI=1S/C20H24N4O4/c25-18-11-28-17-7-14(4-5-15(17)22-18)21-20(27)23-8-12-6-13(10-23)16-2-1-3-19(26)24(16)9-12/h4-5,7,12-13,16H,1-3,6,8-11H2,(H,21,27)(H,22,25)/t12-,13+,16+/m1/s1. The summed E-state index contributed by atoms with van der Waals surface area (Å²) in [6, 6.07) is 5.40. The summed E-state index contributed by atoms with van der Waals surface area (Å²) in [7, 11) is 0. The van der Waals surface area contributed by atoms with Crippen LogP contribution in [0.5, 0.6) is 5.75 Å². The van der Waals surface area contributed by atoms with Crippen molar-refractivity contribution in [3.05, 3.63) is 18.2 Å². The fourth-order valence-electron chi connectivity index (χ4n) is 5.13. The lowest BCUT2D eigenvalue weighted by Gasteiger charge is -2.52. The molecule has 3 saturated heterocycles. The molecule has 8 heteroatoms. The molecule has 4 aliphatic heterocycles. The number of rotatable bonds is 1. The van der Waals surface area contributed by atoms with Gasteiger partial charge in [0.2, 0.25) is 5.91 Å². The number of amides is 4. The molecule has 2 bridgehead atoms. The fourth-order valence-corrected chi connectivity index (χ4v) is 5.13. The lowest BCUT2D eigenvalue weighted by Crippen LogP contribution is -2.61. The minimum absolute atomic E-state index is 0.0174. The van der Waals surface area contributed by atoms with Crippen molar-refractivity contribution >= 4 is 29.2 Å². The highest BCUT2D eigenvalue weighted by atomic mass is 16.5. The van der Waals surface area contributed by atoms with E-state index >= 15 is 0 Å². The first-order valence-electron chi connectivity index (χ1n) is 9.99. The number of hydrogen-bond donors (Lipinski definition) is 2. The summed E-state index contributed by atoms with van der Waals surface area (Å²) in [5.74, 6) is 1.38. The van der Waals surface area contributed by atoms with Gasteiger partial charge in [-0.05, 0) is 43.2 Å². The number of benzene rings is 1. The van der Waals surface area contributed by atoms with Crippen molar-refractivity contribution < 1.29 is 19.1 Å². The highest BCUT2D eigenvalue weighted by Gasteiger charge is 2.44. The Hall–Kier alpha value is -2.77. The molecular formula is C20H24N4O4. The maximum atomic E-state index is 12.9. The molecule has 3 atom stereocenters. The summed E-state index contributed by atoms with van der Waals surface area (Å²) >= 11 is 0. The minimum atomic E-state index is -0.181. The van der Waals surface area contributed by atoms with E-state index in [1.807, 2.05) is 4.90 Å². The zero-order chi connectivity index (χ0) is 19.3. The van der Waals surface area contributed by atoms with E-state index in [-0.39, 0.29) is 30.5 Å². The normalized spacial score (nSPS) is 28.6. The second kappa shape index (κ2) is 6.68. The van der Waals surface area contributed by atoms with Crippen molar-refractivity contribution in [2.75, 3.05) is 36.9 Å². The summed E-state index contributed by atoms with van der Waals surface area (Å²) in [5, 5.41) is 5.70. The van der Waals surface area contributed by atoms with Gasteiger partial charge < -0.3 is 25.2 Å². The van der Waals surface area contributed by atoms with Gasteiger partial charge in [-0.2, -0.15) is 0 Å². The molecule has 2 N–H and O–H groups in total. The molecular weight excluding hydrogens is 360 g/mol.